The second kappa shape index (κ2) is 41.5. The molecule has 0 heterocycles. The molecule has 0 bridgehead atoms. The number of allylic oxidation sites excluding steroid dienone is 12. The van der Waals surface area contributed by atoms with Crippen LogP contribution >= 0.6 is 0 Å². The normalized spacial score (nSPS) is 13.6. The van der Waals surface area contributed by atoms with Crippen molar-refractivity contribution in [3.05, 3.63) is 72.9 Å². The Kier molecular flexibility index (Phi) is 39.2. The van der Waals surface area contributed by atoms with E-state index in [0.717, 1.165) is 96.3 Å². The number of esters is 2. The molecule has 2 atom stereocenters. The molecular weight excluding hydrogens is 743 g/mol. The number of quaternary nitrogens is 1. The first kappa shape index (κ1) is 55.7. The molecule has 0 rings (SSSR count). The zero-order chi connectivity index (χ0) is 43.5. The average molecular weight is 829 g/mol. The van der Waals surface area contributed by atoms with E-state index >= 15 is 0 Å². The summed E-state index contributed by atoms with van der Waals surface area (Å²) in [6.45, 7) is 4.61. The lowest BCUT2D eigenvalue weighted by molar-refractivity contribution is -0.870. The molecule has 0 saturated carbocycles. The lowest BCUT2D eigenvalue weighted by atomic mass is 10.1. The number of likely N-dealkylation sites (N-methyl/N-ethyl adjacent to an activating group) is 1. The van der Waals surface area contributed by atoms with Gasteiger partial charge in [-0.1, -0.05) is 151 Å². The van der Waals surface area contributed by atoms with Crippen molar-refractivity contribution in [1.82, 2.24) is 0 Å². The highest BCUT2D eigenvalue weighted by Gasteiger charge is 2.25. The van der Waals surface area contributed by atoms with Gasteiger partial charge in [0.05, 0.1) is 34.4 Å². The number of hydrogen-bond donors (Lipinski definition) is 1. The lowest BCUT2D eigenvalue weighted by Crippen LogP contribution is -2.40. The molecule has 0 aromatic heterocycles. The molecule has 9 nitrogen and oxygen atoms in total. The lowest BCUT2D eigenvalue weighted by Gasteiger charge is -2.25. The van der Waals surface area contributed by atoms with E-state index in [0.29, 0.717) is 17.4 Å². The monoisotopic (exact) mass is 829 g/mol. The molecule has 0 aliphatic heterocycles. The number of hydrogen-bond acceptors (Lipinski definition) is 7. The van der Waals surface area contributed by atoms with Crippen LogP contribution in [0.1, 0.15) is 168 Å². The maximum absolute atomic E-state index is 12.8. The third-order valence-corrected chi connectivity index (χ3v) is 9.46. The summed E-state index contributed by atoms with van der Waals surface area (Å²) in [6.07, 6.45) is 48.1. The summed E-state index contributed by atoms with van der Waals surface area (Å²) in [5.74, 6) is -2.04. The first-order chi connectivity index (χ1) is 28.6. The van der Waals surface area contributed by atoms with Gasteiger partial charge >= 0.3 is 17.9 Å². The van der Waals surface area contributed by atoms with Crippen LogP contribution in [-0.2, 0) is 33.3 Å². The van der Waals surface area contributed by atoms with E-state index in [1.54, 1.807) is 0 Å². The molecule has 0 fully saturated rings. The number of carboxylic acids is 1. The number of unbranched alkanes of at least 4 members (excludes halogenated alkanes) is 14. The molecule has 1 N–H and O–H groups in total. The molecule has 338 valence electrons. The third kappa shape index (κ3) is 42.7. The Bertz CT molecular complexity index is 1200. The standard InChI is InChI=1S/C50H85NO8/c1-6-8-10-12-14-16-18-20-22-24-26-28-30-32-34-36-38-40-47(52)57-44-46(45-58-50(49(54)55)56-43-42-51(3,4)5)59-48(53)41-39-37-35-33-31-29-27-25-23-21-19-17-15-13-11-9-7-2/h8-11,14-17,20-23,46,50H,6-7,12-13,18-19,24-45H2,1-5H3/p+1/b10-8-,11-9-,16-14-,17-15-,22-20-,23-21-. The van der Waals surface area contributed by atoms with Gasteiger partial charge < -0.3 is 28.5 Å². The number of nitrogens with zero attached hydrogens (tertiary/aromatic N) is 1. The summed E-state index contributed by atoms with van der Waals surface area (Å²) in [7, 11) is 5.94. The fourth-order valence-electron chi connectivity index (χ4n) is 5.92. The summed E-state index contributed by atoms with van der Waals surface area (Å²) >= 11 is 0. The van der Waals surface area contributed by atoms with Crippen LogP contribution < -0.4 is 0 Å². The van der Waals surface area contributed by atoms with E-state index in [-0.39, 0.29) is 38.6 Å². The summed E-state index contributed by atoms with van der Waals surface area (Å²) in [4.78, 5) is 37.2. The van der Waals surface area contributed by atoms with Crippen molar-refractivity contribution in [3.63, 3.8) is 0 Å². The molecule has 0 aromatic carbocycles. The quantitative estimate of drug-likeness (QED) is 0.0213. The van der Waals surface area contributed by atoms with Gasteiger partial charge in [-0.15, -0.1) is 0 Å². The van der Waals surface area contributed by atoms with Crippen LogP contribution in [0.25, 0.3) is 0 Å². The summed E-state index contributed by atoms with van der Waals surface area (Å²) < 4.78 is 22.7. The van der Waals surface area contributed by atoms with Crippen molar-refractivity contribution >= 4 is 17.9 Å². The highest BCUT2D eigenvalue weighted by molar-refractivity contribution is 5.71. The Hall–Kier alpha value is -3.27. The van der Waals surface area contributed by atoms with Gasteiger partial charge in [0.1, 0.15) is 13.2 Å². The van der Waals surface area contributed by atoms with Gasteiger partial charge in [0, 0.05) is 12.8 Å². The van der Waals surface area contributed by atoms with Crippen LogP contribution in [0.4, 0.5) is 0 Å². The van der Waals surface area contributed by atoms with Gasteiger partial charge in [0.25, 0.3) is 6.29 Å². The molecule has 0 spiro atoms. The Balaban J connectivity index is 4.45. The first-order valence-electron chi connectivity index (χ1n) is 23.1. The minimum Gasteiger partial charge on any atom is -0.477 e. The van der Waals surface area contributed by atoms with Crippen molar-refractivity contribution in [3.8, 4) is 0 Å². The number of carbonyl (C=O) groups excluding carboxylic acids is 2. The first-order valence-corrected chi connectivity index (χ1v) is 23.1. The van der Waals surface area contributed by atoms with E-state index in [4.69, 9.17) is 18.9 Å². The van der Waals surface area contributed by atoms with E-state index < -0.39 is 24.3 Å². The van der Waals surface area contributed by atoms with Crippen LogP contribution in [-0.4, -0.2) is 87.4 Å². The zero-order valence-electron chi connectivity index (χ0n) is 38.1. The molecule has 0 amide bonds. The third-order valence-electron chi connectivity index (χ3n) is 9.46. The summed E-state index contributed by atoms with van der Waals surface area (Å²) in [6, 6.07) is 0. The highest BCUT2D eigenvalue weighted by atomic mass is 16.7. The Morgan fingerprint density at radius 1 is 0.508 bits per heavy atom. The highest BCUT2D eigenvalue weighted by Crippen LogP contribution is 2.13. The minimum atomic E-state index is -1.52. The smallest absolute Gasteiger partial charge is 0.361 e. The number of carboxylic acid groups (broad SMARTS) is 1. The number of rotatable bonds is 41. The van der Waals surface area contributed by atoms with Crippen molar-refractivity contribution in [2.45, 2.75) is 180 Å². The van der Waals surface area contributed by atoms with Crippen LogP contribution in [0, 0.1) is 0 Å². The summed E-state index contributed by atoms with van der Waals surface area (Å²) in [5.41, 5.74) is 0. The molecule has 9 heteroatoms. The van der Waals surface area contributed by atoms with E-state index in [1.807, 2.05) is 21.1 Å². The summed E-state index contributed by atoms with van der Waals surface area (Å²) in [5, 5.41) is 9.64. The number of aliphatic carboxylic acids is 1. The molecular formula is C50H86NO8+. The topological polar surface area (TPSA) is 108 Å². The second-order valence-corrected chi connectivity index (χ2v) is 16.3. The Morgan fingerprint density at radius 3 is 1.36 bits per heavy atom. The van der Waals surface area contributed by atoms with Gasteiger partial charge in [0.15, 0.2) is 6.10 Å². The van der Waals surface area contributed by atoms with Gasteiger partial charge in [0.2, 0.25) is 0 Å². The van der Waals surface area contributed by atoms with Crippen molar-refractivity contribution in [2.75, 3.05) is 47.5 Å². The Labute approximate surface area is 360 Å². The van der Waals surface area contributed by atoms with E-state index in [1.165, 1.54) is 38.5 Å². The maximum atomic E-state index is 12.8. The van der Waals surface area contributed by atoms with Crippen molar-refractivity contribution in [1.29, 1.82) is 0 Å². The van der Waals surface area contributed by atoms with Crippen LogP contribution in [0.3, 0.4) is 0 Å². The van der Waals surface area contributed by atoms with Crippen molar-refractivity contribution < 1.29 is 42.9 Å². The second-order valence-electron chi connectivity index (χ2n) is 16.3. The van der Waals surface area contributed by atoms with E-state index in [9.17, 15) is 19.5 Å². The minimum absolute atomic E-state index is 0.180. The van der Waals surface area contributed by atoms with Crippen LogP contribution in [0.5, 0.6) is 0 Å². The number of ether oxygens (including phenoxy) is 4. The van der Waals surface area contributed by atoms with Crippen molar-refractivity contribution in [2.24, 2.45) is 0 Å². The molecule has 0 saturated heterocycles. The van der Waals surface area contributed by atoms with Gasteiger partial charge in [-0.05, 0) is 77.0 Å². The average Bonchev–Trinajstić information content (AvgIpc) is 3.19. The predicted molar refractivity (Wildman–Crippen MR) is 244 cm³/mol. The zero-order valence-corrected chi connectivity index (χ0v) is 38.1. The fourth-order valence-corrected chi connectivity index (χ4v) is 5.92. The van der Waals surface area contributed by atoms with Crippen LogP contribution in [0.2, 0.25) is 0 Å². The van der Waals surface area contributed by atoms with E-state index in [2.05, 4.69) is 86.8 Å². The maximum Gasteiger partial charge on any atom is 0.361 e. The SMILES string of the molecule is CC/C=C\C/C=C\C/C=C\CCCCCCCCCC(=O)OCC(COC(OCC[N+](C)(C)C)C(=O)O)OC(=O)CCCCCCCCC/C=C\C/C=C\C/C=C\CC. The number of carbonyl (C=O) groups is 3. The van der Waals surface area contributed by atoms with Gasteiger partial charge in [-0.2, -0.15) is 0 Å². The molecule has 0 aromatic rings. The Morgan fingerprint density at radius 2 is 0.915 bits per heavy atom. The van der Waals surface area contributed by atoms with Crippen LogP contribution in [0.15, 0.2) is 72.9 Å². The van der Waals surface area contributed by atoms with Gasteiger partial charge in [-0.25, -0.2) is 4.79 Å². The van der Waals surface area contributed by atoms with Gasteiger partial charge in [-0.3, -0.25) is 9.59 Å². The fraction of sp³-hybridized carbons (Fsp3) is 0.700. The molecule has 0 radical (unpaired) electrons. The largest absolute Gasteiger partial charge is 0.477 e. The predicted octanol–water partition coefficient (Wildman–Crippen LogP) is 12.3. The molecule has 0 aliphatic carbocycles. The molecule has 2 unspecified atom stereocenters. The molecule has 59 heavy (non-hydrogen) atoms. The molecule has 0 aliphatic rings.